The van der Waals surface area contributed by atoms with Crippen LogP contribution in [0, 0.1) is 0 Å². The standard InChI is InChI=1S/C24H27N7O2/c1-2-6-17(7-3-1)19-15-21(29-28-19)26-24-25-20-14-18(16-30-8-4-5-9-30)33-22(20)23(27-24)31-10-12-32-13-11-31/h1-3,6-7,14-15H,4-5,8-13,16H2,(H2,25,26,27,28,29). The van der Waals surface area contributed by atoms with Crippen LogP contribution >= 0.6 is 0 Å². The highest BCUT2D eigenvalue weighted by molar-refractivity contribution is 5.86. The lowest BCUT2D eigenvalue weighted by Gasteiger charge is -2.27. The lowest BCUT2D eigenvalue weighted by molar-refractivity contribution is 0.122. The highest BCUT2D eigenvalue weighted by Crippen LogP contribution is 2.31. The van der Waals surface area contributed by atoms with E-state index in [4.69, 9.17) is 19.1 Å². The van der Waals surface area contributed by atoms with Crippen molar-refractivity contribution in [1.29, 1.82) is 0 Å². The first-order valence-electron chi connectivity index (χ1n) is 11.6. The third-order valence-electron chi connectivity index (χ3n) is 6.20. The Hall–Kier alpha value is -3.43. The molecule has 4 aromatic rings. The Bertz CT molecular complexity index is 1220. The number of hydrogen-bond donors (Lipinski definition) is 2. The van der Waals surface area contributed by atoms with Crippen LogP contribution in [0.5, 0.6) is 0 Å². The van der Waals surface area contributed by atoms with Crippen molar-refractivity contribution in [3.05, 3.63) is 48.2 Å². The van der Waals surface area contributed by atoms with E-state index in [-0.39, 0.29) is 0 Å². The Morgan fingerprint density at radius 1 is 0.970 bits per heavy atom. The van der Waals surface area contributed by atoms with Gasteiger partial charge in [0.05, 0.1) is 25.5 Å². The minimum atomic E-state index is 0.503. The number of nitrogens with zero attached hydrogens (tertiary/aromatic N) is 5. The van der Waals surface area contributed by atoms with Crippen LogP contribution in [0.15, 0.2) is 46.9 Å². The third kappa shape index (κ3) is 4.29. The van der Waals surface area contributed by atoms with E-state index >= 15 is 0 Å². The number of aromatic nitrogens is 4. The minimum Gasteiger partial charge on any atom is -0.454 e. The maximum Gasteiger partial charge on any atom is 0.231 e. The van der Waals surface area contributed by atoms with Crippen LogP contribution in [0.2, 0.25) is 0 Å². The molecule has 2 N–H and O–H groups in total. The molecule has 0 bridgehead atoms. The zero-order valence-electron chi connectivity index (χ0n) is 18.5. The topological polar surface area (TPSA) is 95.3 Å². The Morgan fingerprint density at radius 2 is 1.79 bits per heavy atom. The van der Waals surface area contributed by atoms with Gasteiger partial charge in [0.2, 0.25) is 5.95 Å². The number of ether oxygens (including phenoxy) is 1. The SMILES string of the molecule is c1ccc(-c2cc(Nc3nc(N4CCOCC4)c4oc(CN5CCCC5)cc4n3)n[nH]2)cc1. The molecule has 170 valence electrons. The van der Waals surface area contributed by atoms with E-state index in [9.17, 15) is 0 Å². The molecule has 9 nitrogen and oxygen atoms in total. The zero-order chi connectivity index (χ0) is 22.0. The molecule has 5 heterocycles. The van der Waals surface area contributed by atoms with Crippen molar-refractivity contribution in [3.8, 4) is 11.3 Å². The number of nitrogens with one attached hydrogen (secondary N) is 2. The molecule has 0 radical (unpaired) electrons. The van der Waals surface area contributed by atoms with E-state index in [1.54, 1.807) is 0 Å². The summed E-state index contributed by atoms with van der Waals surface area (Å²) in [5.74, 6) is 2.90. The molecule has 9 heteroatoms. The third-order valence-corrected chi connectivity index (χ3v) is 6.20. The van der Waals surface area contributed by atoms with Gasteiger partial charge in [-0.15, -0.1) is 0 Å². The van der Waals surface area contributed by atoms with Gasteiger partial charge >= 0.3 is 0 Å². The first kappa shape index (κ1) is 20.2. The summed E-state index contributed by atoms with van der Waals surface area (Å²) < 4.78 is 11.8. The number of furan rings is 1. The Balaban J connectivity index is 1.32. The van der Waals surface area contributed by atoms with Gasteiger partial charge in [0, 0.05) is 25.2 Å². The molecule has 2 saturated heterocycles. The number of rotatable bonds is 6. The van der Waals surface area contributed by atoms with Gasteiger partial charge in [0.15, 0.2) is 17.2 Å². The molecular formula is C24H27N7O2. The summed E-state index contributed by atoms with van der Waals surface area (Å²) in [7, 11) is 0. The molecule has 6 rings (SSSR count). The minimum absolute atomic E-state index is 0.503. The van der Waals surface area contributed by atoms with E-state index in [1.165, 1.54) is 12.8 Å². The van der Waals surface area contributed by atoms with Crippen molar-refractivity contribution in [1.82, 2.24) is 25.1 Å². The van der Waals surface area contributed by atoms with E-state index in [0.29, 0.717) is 25.0 Å². The first-order chi connectivity index (χ1) is 16.3. The van der Waals surface area contributed by atoms with Crippen molar-refractivity contribution >= 4 is 28.7 Å². The summed E-state index contributed by atoms with van der Waals surface area (Å²) in [6.45, 7) is 5.94. The van der Waals surface area contributed by atoms with Crippen LogP contribution in [0.4, 0.5) is 17.6 Å². The number of morpholine rings is 1. The summed E-state index contributed by atoms with van der Waals surface area (Å²) in [5, 5.41) is 10.8. The highest BCUT2D eigenvalue weighted by Gasteiger charge is 2.22. The molecule has 2 aliphatic heterocycles. The van der Waals surface area contributed by atoms with Gasteiger partial charge in [-0.05, 0) is 31.5 Å². The van der Waals surface area contributed by atoms with Crippen molar-refractivity contribution in [2.24, 2.45) is 0 Å². The largest absolute Gasteiger partial charge is 0.454 e. The number of aromatic amines is 1. The average molecular weight is 446 g/mol. The number of likely N-dealkylation sites (tertiary alicyclic amines) is 1. The van der Waals surface area contributed by atoms with Crippen molar-refractivity contribution in [2.75, 3.05) is 49.6 Å². The molecule has 0 unspecified atom stereocenters. The predicted molar refractivity (Wildman–Crippen MR) is 127 cm³/mol. The second-order valence-electron chi connectivity index (χ2n) is 8.54. The maximum atomic E-state index is 6.28. The van der Waals surface area contributed by atoms with Gasteiger partial charge in [-0.2, -0.15) is 10.1 Å². The summed E-state index contributed by atoms with van der Waals surface area (Å²) in [4.78, 5) is 14.2. The first-order valence-corrected chi connectivity index (χ1v) is 11.6. The number of anilines is 3. The van der Waals surface area contributed by atoms with Crippen molar-refractivity contribution < 1.29 is 9.15 Å². The number of benzene rings is 1. The smallest absolute Gasteiger partial charge is 0.231 e. The molecule has 0 amide bonds. The fraction of sp³-hybridized carbons (Fsp3) is 0.375. The second kappa shape index (κ2) is 8.84. The van der Waals surface area contributed by atoms with Gasteiger partial charge in [-0.25, -0.2) is 4.98 Å². The molecular weight excluding hydrogens is 418 g/mol. The molecule has 0 saturated carbocycles. The summed E-state index contributed by atoms with van der Waals surface area (Å²) in [6.07, 6.45) is 2.50. The van der Waals surface area contributed by atoms with Crippen molar-refractivity contribution in [3.63, 3.8) is 0 Å². The lowest BCUT2D eigenvalue weighted by Crippen LogP contribution is -2.37. The Morgan fingerprint density at radius 3 is 2.61 bits per heavy atom. The number of hydrogen-bond acceptors (Lipinski definition) is 8. The normalized spacial score (nSPS) is 17.2. The quantitative estimate of drug-likeness (QED) is 0.463. The molecule has 1 aromatic carbocycles. The monoisotopic (exact) mass is 445 g/mol. The van der Waals surface area contributed by atoms with E-state index in [2.05, 4.69) is 25.3 Å². The van der Waals surface area contributed by atoms with Crippen LogP contribution in [-0.2, 0) is 11.3 Å². The molecule has 0 aliphatic carbocycles. The fourth-order valence-electron chi connectivity index (χ4n) is 4.51. The lowest BCUT2D eigenvalue weighted by atomic mass is 10.2. The predicted octanol–water partition coefficient (Wildman–Crippen LogP) is 3.79. The van der Waals surface area contributed by atoms with Gasteiger partial charge in [0.25, 0.3) is 0 Å². The van der Waals surface area contributed by atoms with Crippen LogP contribution in [0.1, 0.15) is 18.6 Å². The summed E-state index contributed by atoms with van der Waals surface area (Å²) in [6, 6.07) is 14.1. The van der Waals surface area contributed by atoms with Crippen LogP contribution < -0.4 is 10.2 Å². The van der Waals surface area contributed by atoms with Crippen LogP contribution in [0.25, 0.3) is 22.4 Å². The van der Waals surface area contributed by atoms with E-state index < -0.39 is 0 Å². The van der Waals surface area contributed by atoms with E-state index in [0.717, 1.165) is 66.7 Å². The Labute approximate surface area is 191 Å². The van der Waals surface area contributed by atoms with Crippen LogP contribution in [-0.4, -0.2) is 64.5 Å². The van der Waals surface area contributed by atoms with Gasteiger partial charge in [0.1, 0.15) is 11.3 Å². The number of H-pyrrole nitrogens is 1. The van der Waals surface area contributed by atoms with Gasteiger partial charge < -0.3 is 19.4 Å². The van der Waals surface area contributed by atoms with E-state index in [1.807, 2.05) is 42.5 Å². The summed E-state index contributed by atoms with van der Waals surface area (Å²) >= 11 is 0. The molecule has 33 heavy (non-hydrogen) atoms. The van der Waals surface area contributed by atoms with Crippen LogP contribution in [0.3, 0.4) is 0 Å². The fourth-order valence-corrected chi connectivity index (χ4v) is 4.51. The summed E-state index contributed by atoms with van der Waals surface area (Å²) in [5.41, 5.74) is 3.55. The van der Waals surface area contributed by atoms with Crippen molar-refractivity contribution in [2.45, 2.75) is 19.4 Å². The molecule has 2 fully saturated rings. The molecule has 2 aliphatic rings. The molecule has 0 atom stereocenters. The molecule has 3 aromatic heterocycles. The highest BCUT2D eigenvalue weighted by atomic mass is 16.5. The van der Waals surface area contributed by atoms with Gasteiger partial charge in [-0.1, -0.05) is 30.3 Å². The zero-order valence-corrected chi connectivity index (χ0v) is 18.5. The second-order valence-corrected chi connectivity index (χ2v) is 8.54. The Kier molecular flexibility index (Phi) is 5.41. The average Bonchev–Trinajstić information content (AvgIpc) is 3.61. The number of fused-ring (bicyclic) bond motifs is 1. The molecule has 0 spiro atoms. The van der Waals surface area contributed by atoms with Gasteiger partial charge in [-0.3, -0.25) is 10.00 Å². The maximum absolute atomic E-state index is 6.28.